The van der Waals surface area contributed by atoms with E-state index in [1.807, 2.05) is 64.1 Å². The number of aryl methyl sites for hydroxylation is 4. The van der Waals surface area contributed by atoms with Crippen molar-refractivity contribution in [3.63, 3.8) is 0 Å². The number of benzene rings is 2. The third kappa shape index (κ3) is 8.56. The Balaban J connectivity index is 2.63. The molecule has 9 heteroatoms. The van der Waals surface area contributed by atoms with E-state index in [0.29, 0.717) is 11.3 Å². The molecule has 0 aliphatic carbocycles. The summed E-state index contributed by atoms with van der Waals surface area (Å²) < 4.78 is 5.32. The second-order valence-electron chi connectivity index (χ2n) is 11.2. The third-order valence-corrected chi connectivity index (χ3v) is 6.19. The van der Waals surface area contributed by atoms with Gasteiger partial charge in [0.05, 0.1) is 6.42 Å². The zero-order chi connectivity index (χ0) is 29.7. The van der Waals surface area contributed by atoms with Gasteiger partial charge in [0, 0.05) is 11.7 Å². The number of carbonyl (C=O) groups excluding carboxylic acids is 4. The molecule has 0 saturated heterocycles. The van der Waals surface area contributed by atoms with Gasteiger partial charge in [-0.2, -0.15) is 0 Å². The summed E-state index contributed by atoms with van der Waals surface area (Å²) in [5, 5.41) is 5.52. The van der Waals surface area contributed by atoms with Gasteiger partial charge in [0.25, 0.3) is 5.91 Å². The molecule has 4 N–H and O–H groups in total. The van der Waals surface area contributed by atoms with Gasteiger partial charge < -0.3 is 26.0 Å². The van der Waals surface area contributed by atoms with Crippen LogP contribution in [0.15, 0.2) is 36.4 Å². The van der Waals surface area contributed by atoms with Crippen LogP contribution in [0.5, 0.6) is 0 Å². The molecule has 0 radical (unpaired) electrons. The number of para-hydroxylation sites is 1. The smallest absolute Gasteiger partial charge is 0.408 e. The molecule has 2 rings (SSSR count). The highest BCUT2D eigenvalue weighted by Crippen LogP contribution is 2.31. The number of hydrogen-bond acceptors (Lipinski definition) is 5. The van der Waals surface area contributed by atoms with Crippen LogP contribution in [0.1, 0.15) is 74.9 Å². The number of nitrogens with one attached hydrogen (secondary N) is 2. The summed E-state index contributed by atoms with van der Waals surface area (Å²) in [6.07, 6.45) is -1.33. The molecule has 39 heavy (non-hydrogen) atoms. The molecule has 0 bridgehead atoms. The third-order valence-electron chi connectivity index (χ3n) is 6.19. The Labute approximate surface area is 231 Å². The zero-order valence-electron chi connectivity index (χ0n) is 24.5. The monoisotopic (exact) mass is 538 g/mol. The maximum Gasteiger partial charge on any atom is 0.408 e. The molecule has 0 heterocycles. The number of nitrogens with zero attached hydrogens (tertiary/aromatic N) is 1. The lowest BCUT2D eigenvalue weighted by molar-refractivity contribution is -0.143. The molecule has 0 aliphatic heterocycles. The molecule has 0 spiro atoms. The van der Waals surface area contributed by atoms with Gasteiger partial charge in [-0.25, -0.2) is 4.79 Å². The summed E-state index contributed by atoms with van der Waals surface area (Å²) in [5.74, 6) is -1.83. The first-order valence-corrected chi connectivity index (χ1v) is 13.1. The second kappa shape index (κ2) is 12.8. The molecule has 9 nitrogen and oxygen atoms in total. The molecule has 2 atom stereocenters. The fourth-order valence-electron chi connectivity index (χ4n) is 4.39. The van der Waals surface area contributed by atoms with Crippen molar-refractivity contribution in [2.75, 3.05) is 5.32 Å². The minimum atomic E-state index is -1.33. The average molecular weight is 539 g/mol. The lowest BCUT2D eigenvalue weighted by atomic mass is 9.94. The number of hydrogen-bond donors (Lipinski definition) is 3. The highest BCUT2D eigenvalue weighted by Gasteiger charge is 2.39. The molecule has 0 fully saturated rings. The molecule has 0 saturated carbocycles. The number of amides is 4. The van der Waals surface area contributed by atoms with E-state index >= 15 is 0 Å². The van der Waals surface area contributed by atoms with Crippen LogP contribution in [0, 0.1) is 27.7 Å². The molecular formula is C30H42N4O5. The maximum absolute atomic E-state index is 14.1. The zero-order valence-corrected chi connectivity index (χ0v) is 24.5. The minimum Gasteiger partial charge on any atom is -0.444 e. The van der Waals surface area contributed by atoms with Gasteiger partial charge in [0.1, 0.15) is 17.7 Å². The normalized spacial score (nSPS) is 12.9. The van der Waals surface area contributed by atoms with Crippen molar-refractivity contribution in [3.05, 3.63) is 64.2 Å². The molecule has 212 valence electrons. The van der Waals surface area contributed by atoms with Crippen LogP contribution in [-0.2, 0) is 19.1 Å². The van der Waals surface area contributed by atoms with Crippen LogP contribution in [0.4, 0.5) is 10.5 Å². The van der Waals surface area contributed by atoms with Gasteiger partial charge in [-0.05, 0) is 84.6 Å². The van der Waals surface area contributed by atoms with E-state index in [4.69, 9.17) is 10.5 Å². The van der Waals surface area contributed by atoms with Crippen LogP contribution in [0.2, 0.25) is 0 Å². The van der Waals surface area contributed by atoms with Crippen molar-refractivity contribution in [2.24, 2.45) is 5.73 Å². The van der Waals surface area contributed by atoms with E-state index in [-0.39, 0.29) is 0 Å². The lowest BCUT2D eigenvalue weighted by Gasteiger charge is -2.37. The Morgan fingerprint density at radius 2 is 1.54 bits per heavy atom. The minimum absolute atomic E-state index is 0.418. The molecule has 2 aromatic rings. The maximum atomic E-state index is 14.1. The van der Waals surface area contributed by atoms with E-state index in [9.17, 15) is 19.2 Å². The van der Waals surface area contributed by atoms with Gasteiger partial charge in [-0.3, -0.25) is 14.4 Å². The van der Waals surface area contributed by atoms with Gasteiger partial charge in [-0.15, -0.1) is 0 Å². The predicted octanol–water partition coefficient (Wildman–Crippen LogP) is 4.61. The van der Waals surface area contributed by atoms with Gasteiger partial charge in [0.15, 0.2) is 0 Å². The van der Waals surface area contributed by atoms with Crippen molar-refractivity contribution in [1.82, 2.24) is 10.2 Å². The SMILES string of the molecule is Cc1ccc(C)c(C(C(=O)Nc2c(C)cccc2C)N(C(=O)C(CC(N)=O)NC(=O)OC(C)(C)C)C(C)C)c1. The van der Waals surface area contributed by atoms with Crippen molar-refractivity contribution in [2.45, 2.75) is 92.5 Å². The van der Waals surface area contributed by atoms with Gasteiger partial charge >= 0.3 is 6.09 Å². The Kier molecular flexibility index (Phi) is 10.3. The Hall–Kier alpha value is -3.88. The van der Waals surface area contributed by atoms with E-state index in [1.54, 1.807) is 34.6 Å². The average Bonchev–Trinajstić information content (AvgIpc) is 2.79. The van der Waals surface area contributed by atoms with Crippen LogP contribution < -0.4 is 16.4 Å². The van der Waals surface area contributed by atoms with Crippen molar-refractivity contribution in [3.8, 4) is 0 Å². The van der Waals surface area contributed by atoms with Crippen LogP contribution in [-0.4, -0.2) is 46.4 Å². The van der Waals surface area contributed by atoms with Crippen molar-refractivity contribution < 1.29 is 23.9 Å². The topological polar surface area (TPSA) is 131 Å². The van der Waals surface area contributed by atoms with Crippen molar-refractivity contribution >= 4 is 29.5 Å². The number of alkyl carbamates (subject to hydrolysis) is 1. The Morgan fingerprint density at radius 1 is 0.949 bits per heavy atom. The van der Waals surface area contributed by atoms with E-state index in [1.165, 1.54) is 4.90 Å². The number of rotatable bonds is 9. The summed E-state index contributed by atoms with van der Waals surface area (Å²) in [4.78, 5) is 54.1. The second-order valence-corrected chi connectivity index (χ2v) is 11.2. The number of anilines is 1. The van der Waals surface area contributed by atoms with Crippen LogP contribution in [0.3, 0.4) is 0 Å². The summed E-state index contributed by atoms with van der Waals surface area (Å²) >= 11 is 0. The molecular weight excluding hydrogens is 496 g/mol. The molecule has 2 aromatic carbocycles. The first-order valence-electron chi connectivity index (χ1n) is 13.1. The first-order chi connectivity index (χ1) is 18.0. The summed E-state index contributed by atoms with van der Waals surface area (Å²) in [5.41, 5.74) is 9.41. The molecule has 4 amide bonds. The first kappa shape index (κ1) is 31.3. The fourth-order valence-corrected chi connectivity index (χ4v) is 4.39. The lowest BCUT2D eigenvalue weighted by Crippen LogP contribution is -2.55. The summed E-state index contributed by atoms with van der Waals surface area (Å²) in [6, 6.07) is 8.52. The quantitative estimate of drug-likeness (QED) is 0.429. The number of primary amides is 1. The van der Waals surface area contributed by atoms with E-state index in [2.05, 4.69) is 10.6 Å². The Morgan fingerprint density at radius 3 is 2.05 bits per heavy atom. The highest BCUT2D eigenvalue weighted by molar-refractivity contribution is 6.00. The number of nitrogens with two attached hydrogens (primary N) is 1. The Bertz CT molecular complexity index is 1210. The largest absolute Gasteiger partial charge is 0.444 e. The molecule has 0 aliphatic rings. The van der Waals surface area contributed by atoms with Crippen LogP contribution in [0.25, 0.3) is 0 Å². The van der Waals surface area contributed by atoms with E-state index < -0.39 is 54.0 Å². The van der Waals surface area contributed by atoms with Crippen molar-refractivity contribution in [1.29, 1.82) is 0 Å². The summed E-state index contributed by atoms with van der Waals surface area (Å²) in [6.45, 7) is 16.2. The standard InChI is InChI=1S/C30H42N4O5/c1-17(2)34(28(37)23(16-24(31)35)32-29(38)39-30(7,8)9)26(22-15-18(3)13-14-19(22)4)27(36)33-25-20(5)11-10-12-21(25)6/h10-15,17,23,26H,16H2,1-9H3,(H2,31,35)(H,32,38)(H,33,36). The van der Waals surface area contributed by atoms with Gasteiger partial charge in [0.2, 0.25) is 11.8 Å². The van der Waals surface area contributed by atoms with Gasteiger partial charge in [-0.1, -0.05) is 42.0 Å². The molecule has 2 unspecified atom stereocenters. The highest BCUT2D eigenvalue weighted by atomic mass is 16.6. The number of ether oxygens (including phenoxy) is 1. The fraction of sp³-hybridized carbons (Fsp3) is 0.467. The molecule has 0 aromatic heterocycles. The number of carbonyl (C=O) groups is 4. The predicted molar refractivity (Wildman–Crippen MR) is 152 cm³/mol. The van der Waals surface area contributed by atoms with Crippen LogP contribution >= 0.6 is 0 Å². The summed E-state index contributed by atoms with van der Waals surface area (Å²) in [7, 11) is 0. The van der Waals surface area contributed by atoms with E-state index in [0.717, 1.165) is 22.3 Å².